The molecule has 4 rings (SSSR count). The number of hydrogen-bond acceptors (Lipinski definition) is 3. The van der Waals surface area contributed by atoms with Crippen LogP contribution in [0, 0.1) is 0 Å². The van der Waals surface area contributed by atoms with E-state index in [2.05, 4.69) is 0 Å². The molecule has 1 aliphatic rings. The van der Waals surface area contributed by atoms with Crippen LogP contribution in [0.5, 0.6) is 0 Å². The van der Waals surface area contributed by atoms with Gasteiger partial charge in [-0.15, -0.1) is 0 Å². The van der Waals surface area contributed by atoms with Gasteiger partial charge in [-0.1, -0.05) is 54.6 Å². The van der Waals surface area contributed by atoms with Crippen LogP contribution in [-0.4, -0.2) is 11.6 Å². The zero-order valence-corrected chi connectivity index (χ0v) is 13.4. The molecular formula is C22H15NO2. The molecule has 3 aromatic carbocycles. The fourth-order valence-corrected chi connectivity index (χ4v) is 3.02. The van der Waals surface area contributed by atoms with Crippen LogP contribution in [0.3, 0.4) is 0 Å². The number of rotatable bonds is 2. The molecule has 0 aliphatic heterocycles. The molecule has 0 amide bonds. The van der Waals surface area contributed by atoms with Gasteiger partial charge in [0.25, 0.3) is 0 Å². The lowest BCUT2D eigenvalue weighted by Crippen LogP contribution is -2.20. The Kier molecular flexibility index (Phi) is 3.55. The van der Waals surface area contributed by atoms with E-state index in [1.165, 1.54) is 0 Å². The van der Waals surface area contributed by atoms with Crippen LogP contribution in [0.2, 0.25) is 0 Å². The largest absolute Gasteiger partial charge is 0.399 e. The van der Waals surface area contributed by atoms with Gasteiger partial charge in [-0.05, 0) is 35.4 Å². The first-order valence-electron chi connectivity index (χ1n) is 7.99. The van der Waals surface area contributed by atoms with Crippen molar-refractivity contribution in [2.45, 2.75) is 0 Å². The van der Waals surface area contributed by atoms with Gasteiger partial charge in [0.1, 0.15) is 0 Å². The van der Waals surface area contributed by atoms with Gasteiger partial charge in [-0.25, -0.2) is 0 Å². The van der Waals surface area contributed by atoms with E-state index in [0.29, 0.717) is 27.9 Å². The normalized spacial score (nSPS) is 13.0. The van der Waals surface area contributed by atoms with Gasteiger partial charge in [0, 0.05) is 27.9 Å². The highest BCUT2D eigenvalue weighted by Gasteiger charge is 2.28. The number of carbonyl (C=O) groups is 2. The summed E-state index contributed by atoms with van der Waals surface area (Å²) in [5, 5.41) is 0. The van der Waals surface area contributed by atoms with Gasteiger partial charge in [0.15, 0.2) is 11.6 Å². The first-order chi connectivity index (χ1) is 12.1. The average molecular weight is 325 g/mol. The second kappa shape index (κ2) is 5.87. The van der Waals surface area contributed by atoms with E-state index in [1.807, 2.05) is 42.5 Å². The number of fused-ring (bicyclic) bond motifs is 2. The second-order valence-corrected chi connectivity index (χ2v) is 6.01. The Labute approximate surface area is 145 Å². The molecule has 0 heterocycles. The summed E-state index contributed by atoms with van der Waals surface area (Å²) < 4.78 is 0. The third-order valence-corrected chi connectivity index (χ3v) is 4.35. The molecule has 2 N–H and O–H groups in total. The van der Waals surface area contributed by atoms with Crippen LogP contribution in [0.1, 0.15) is 43.0 Å². The number of ketones is 2. The summed E-state index contributed by atoms with van der Waals surface area (Å²) in [6.45, 7) is 0. The van der Waals surface area contributed by atoms with E-state index in [4.69, 9.17) is 5.73 Å². The Bertz CT molecular complexity index is 1030. The summed E-state index contributed by atoms with van der Waals surface area (Å²) in [4.78, 5) is 25.3. The number of nitrogen functional groups attached to an aromatic ring is 1. The zero-order chi connectivity index (χ0) is 17.4. The monoisotopic (exact) mass is 325 g/mol. The van der Waals surface area contributed by atoms with E-state index < -0.39 is 0 Å². The van der Waals surface area contributed by atoms with Gasteiger partial charge in [-0.3, -0.25) is 9.59 Å². The van der Waals surface area contributed by atoms with Crippen LogP contribution in [0.15, 0.2) is 66.7 Å². The molecule has 0 unspecified atom stereocenters. The van der Waals surface area contributed by atoms with Gasteiger partial charge < -0.3 is 5.73 Å². The van der Waals surface area contributed by atoms with E-state index in [1.54, 1.807) is 36.4 Å². The van der Waals surface area contributed by atoms with Crippen molar-refractivity contribution in [3.05, 3.63) is 100 Å². The molecule has 0 aromatic heterocycles. The van der Waals surface area contributed by atoms with Crippen molar-refractivity contribution < 1.29 is 9.59 Å². The molecule has 3 aromatic rings. The highest BCUT2D eigenvalue weighted by molar-refractivity contribution is 6.28. The Morgan fingerprint density at radius 2 is 1.12 bits per heavy atom. The average Bonchev–Trinajstić information content (AvgIpc) is 2.65. The molecule has 0 atom stereocenters. The summed E-state index contributed by atoms with van der Waals surface area (Å²) in [6, 6.07) is 19.8. The topological polar surface area (TPSA) is 60.2 Å². The van der Waals surface area contributed by atoms with Crippen molar-refractivity contribution in [2.24, 2.45) is 0 Å². The Hall–Kier alpha value is -3.46. The maximum Gasteiger partial charge on any atom is 0.194 e. The Balaban J connectivity index is 1.71. The van der Waals surface area contributed by atoms with Crippen molar-refractivity contribution in [1.29, 1.82) is 0 Å². The molecule has 0 saturated heterocycles. The quantitative estimate of drug-likeness (QED) is 0.443. The summed E-state index contributed by atoms with van der Waals surface area (Å²) >= 11 is 0. The number of nitrogens with two attached hydrogens (primary N) is 1. The van der Waals surface area contributed by atoms with Crippen molar-refractivity contribution >= 4 is 29.4 Å². The Morgan fingerprint density at radius 1 is 0.600 bits per heavy atom. The van der Waals surface area contributed by atoms with Crippen molar-refractivity contribution in [1.82, 2.24) is 0 Å². The van der Waals surface area contributed by atoms with Gasteiger partial charge in [0.2, 0.25) is 0 Å². The van der Waals surface area contributed by atoms with Crippen molar-refractivity contribution in [3.8, 4) is 0 Å². The number of carbonyl (C=O) groups excluding carboxylic acids is 2. The smallest absolute Gasteiger partial charge is 0.194 e. The van der Waals surface area contributed by atoms with E-state index in [9.17, 15) is 9.59 Å². The first-order valence-corrected chi connectivity index (χ1v) is 7.99. The van der Waals surface area contributed by atoms with Crippen LogP contribution in [0.25, 0.3) is 12.2 Å². The standard InChI is InChI=1S/C22H15NO2/c23-16-10-7-14(8-11-16)5-6-15-9-12-19-20(13-15)22(25)18-4-2-1-3-17(18)21(19)24/h1-13H,23H2/b6-5+. The second-order valence-electron chi connectivity index (χ2n) is 6.01. The first kappa shape index (κ1) is 15.1. The minimum atomic E-state index is -0.104. The zero-order valence-electron chi connectivity index (χ0n) is 13.4. The molecule has 0 fully saturated rings. The van der Waals surface area contributed by atoms with E-state index in [0.717, 1.165) is 11.1 Å². The lowest BCUT2D eigenvalue weighted by molar-refractivity contribution is 0.0979. The molecule has 0 spiro atoms. The predicted molar refractivity (Wildman–Crippen MR) is 99.5 cm³/mol. The van der Waals surface area contributed by atoms with E-state index in [-0.39, 0.29) is 11.6 Å². The fraction of sp³-hybridized carbons (Fsp3) is 0. The lowest BCUT2D eigenvalue weighted by Gasteiger charge is -2.17. The molecule has 1 aliphatic carbocycles. The predicted octanol–water partition coefficient (Wildman–Crippen LogP) is 4.21. The van der Waals surface area contributed by atoms with Crippen LogP contribution in [0.4, 0.5) is 5.69 Å². The van der Waals surface area contributed by atoms with Gasteiger partial charge >= 0.3 is 0 Å². The minimum Gasteiger partial charge on any atom is -0.399 e. The van der Waals surface area contributed by atoms with Gasteiger partial charge in [0.05, 0.1) is 0 Å². The maximum atomic E-state index is 12.7. The van der Waals surface area contributed by atoms with Crippen molar-refractivity contribution in [3.63, 3.8) is 0 Å². The third-order valence-electron chi connectivity index (χ3n) is 4.35. The highest BCUT2D eigenvalue weighted by atomic mass is 16.1. The van der Waals surface area contributed by atoms with Crippen LogP contribution in [-0.2, 0) is 0 Å². The number of anilines is 1. The summed E-state index contributed by atoms with van der Waals surface area (Å²) in [6.07, 6.45) is 3.87. The highest BCUT2D eigenvalue weighted by Crippen LogP contribution is 2.28. The molecule has 3 heteroatoms. The number of benzene rings is 3. The van der Waals surface area contributed by atoms with Crippen LogP contribution >= 0.6 is 0 Å². The molecule has 0 bridgehead atoms. The van der Waals surface area contributed by atoms with Gasteiger partial charge in [-0.2, -0.15) is 0 Å². The molecular weight excluding hydrogens is 310 g/mol. The Morgan fingerprint density at radius 3 is 1.80 bits per heavy atom. The summed E-state index contributed by atoms with van der Waals surface area (Å²) in [5.41, 5.74) is 10.2. The van der Waals surface area contributed by atoms with Crippen LogP contribution < -0.4 is 5.73 Å². The molecule has 0 radical (unpaired) electrons. The molecule has 120 valence electrons. The number of hydrogen-bond donors (Lipinski definition) is 1. The lowest BCUT2D eigenvalue weighted by atomic mass is 9.83. The van der Waals surface area contributed by atoms with E-state index >= 15 is 0 Å². The summed E-state index contributed by atoms with van der Waals surface area (Å²) in [5.74, 6) is -0.202. The SMILES string of the molecule is Nc1ccc(/C=C/c2ccc3c(c2)C(=O)c2ccccc2C3=O)cc1. The summed E-state index contributed by atoms with van der Waals surface area (Å²) in [7, 11) is 0. The minimum absolute atomic E-state index is 0.0979. The maximum absolute atomic E-state index is 12.7. The molecule has 0 saturated carbocycles. The molecule has 25 heavy (non-hydrogen) atoms. The fourth-order valence-electron chi connectivity index (χ4n) is 3.02. The van der Waals surface area contributed by atoms with Crippen molar-refractivity contribution in [2.75, 3.05) is 5.73 Å². The molecule has 3 nitrogen and oxygen atoms in total. The third kappa shape index (κ3) is 2.66.